The molecule has 0 radical (unpaired) electrons. The van der Waals surface area contributed by atoms with E-state index in [1.807, 2.05) is 12.1 Å². The fraction of sp³-hybridized carbons (Fsp3) is 0. The molecule has 0 spiro atoms. The molecule has 2 aromatic rings. The fourth-order valence-electron chi connectivity index (χ4n) is 1.52. The summed E-state index contributed by atoms with van der Waals surface area (Å²) in [6.45, 7) is 0. The molecule has 0 amide bonds. The quantitative estimate of drug-likeness (QED) is 0.749. The number of nitrogens with zero attached hydrogens (tertiary/aromatic N) is 1. The molecule has 1 N–H and O–H groups in total. The topological polar surface area (TPSA) is 56.6 Å². The number of carbonyl (C=O) groups is 1. The second kappa shape index (κ2) is 3.81. The average molecular weight is 196 g/mol. The molecule has 0 aliphatic heterocycles. The van der Waals surface area contributed by atoms with Crippen molar-refractivity contribution >= 4 is 6.29 Å². The third kappa shape index (κ3) is 1.53. The number of aldehydes is 1. The van der Waals surface area contributed by atoms with Gasteiger partial charge in [0.2, 0.25) is 0 Å². The summed E-state index contributed by atoms with van der Waals surface area (Å²) >= 11 is 0. The third-order valence-corrected chi connectivity index (χ3v) is 2.24. The van der Waals surface area contributed by atoms with Crippen molar-refractivity contribution < 1.29 is 4.79 Å². The van der Waals surface area contributed by atoms with Crippen LogP contribution in [0.3, 0.4) is 0 Å². The lowest BCUT2D eigenvalue weighted by molar-refractivity contribution is 0.112. The Morgan fingerprint density at radius 3 is 2.73 bits per heavy atom. The summed E-state index contributed by atoms with van der Waals surface area (Å²) in [6.07, 6.45) is 4.14. The van der Waals surface area contributed by atoms with Gasteiger partial charge < -0.3 is 4.98 Å². The molecule has 0 saturated carbocycles. The second-order valence-electron chi connectivity index (χ2n) is 3.10. The summed E-state index contributed by atoms with van der Waals surface area (Å²) in [7, 11) is 0. The standard InChI is InChI=1S/C12H8N2O/c13-5-10-6-14-7-12(10)11-4-2-1-3-9(11)8-15/h1-4,6-8,14H. The predicted molar refractivity (Wildman–Crippen MR) is 56.3 cm³/mol. The maximum atomic E-state index is 10.8. The van der Waals surface area contributed by atoms with E-state index in [9.17, 15) is 4.79 Å². The van der Waals surface area contributed by atoms with Crippen molar-refractivity contribution in [2.45, 2.75) is 0 Å². The first kappa shape index (κ1) is 9.22. The highest BCUT2D eigenvalue weighted by molar-refractivity contribution is 5.88. The van der Waals surface area contributed by atoms with Crippen molar-refractivity contribution in [3.63, 3.8) is 0 Å². The van der Waals surface area contributed by atoms with Gasteiger partial charge >= 0.3 is 0 Å². The van der Waals surface area contributed by atoms with Crippen molar-refractivity contribution in [2.24, 2.45) is 0 Å². The number of rotatable bonds is 2. The molecule has 0 aliphatic carbocycles. The van der Waals surface area contributed by atoms with E-state index in [1.54, 1.807) is 24.5 Å². The summed E-state index contributed by atoms with van der Waals surface area (Å²) in [6, 6.07) is 9.28. The van der Waals surface area contributed by atoms with Gasteiger partial charge in [0, 0.05) is 23.5 Å². The number of aromatic nitrogens is 1. The molecule has 3 nitrogen and oxygen atoms in total. The van der Waals surface area contributed by atoms with E-state index in [1.165, 1.54) is 0 Å². The Labute approximate surface area is 87.0 Å². The van der Waals surface area contributed by atoms with Gasteiger partial charge in [-0.2, -0.15) is 5.26 Å². The normalized spacial score (nSPS) is 9.53. The Hall–Kier alpha value is -2.34. The van der Waals surface area contributed by atoms with Crippen molar-refractivity contribution in [1.29, 1.82) is 5.26 Å². The van der Waals surface area contributed by atoms with Gasteiger partial charge in [-0.1, -0.05) is 24.3 Å². The summed E-state index contributed by atoms with van der Waals surface area (Å²) in [5, 5.41) is 8.87. The maximum Gasteiger partial charge on any atom is 0.150 e. The third-order valence-electron chi connectivity index (χ3n) is 2.24. The van der Waals surface area contributed by atoms with Crippen LogP contribution in [0.15, 0.2) is 36.7 Å². The number of aromatic amines is 1. The largest absolute Gasteiger partial charge is 0.366 e. The van der Waals surface area contributed by atoms with E-state index in [-0.39, 0.29) is 0 Å². The van der Waals surface area contributed by atoms with Gasteiger partial charge in [0.05, 0.1) is 5.56 Å². The zero-order chi connectivity index (χ0) is 10.7. The smallest absolute Gasteiger partial charge is 0.150 e. The number of hydrogen-bond acceptors (Lipinski definition) is 2. The molecule has 2 rings (SSSR count). The lowest BCUT2D eigenvalue weighted by Crippen LogP contribution is -1.86. The number of benzene rings is 1. The molecule has 0 atom stereocenters. The van der Waals surface area contributed by atoms with Crippen LogP contribution in [0.1, 0.15) is 15.9 Å². The second-order valence-corrected chi connectivity index (χ2v) is 3.10. The van der Waals surface area contributed by atoms with Gasteiger partial charge in [-0.3, -0.25) is 4.79 Å². The minimum atomic E-state index is 0.546. The highest BCUT2D eigenvalue weighted by Gasteiger charge is 2.08. The van der Waals surface area contributed by atoms with E-state index in [0.29, 0.717) is 11.1 Å². The highest BCUT2D eigenvalue weighted by Crippen LogP contribution is 2.25. The molecule has 0 unspecified atom stereocenters. The lowest BCUT2D eigenvalue weighted by atomic mass is 10.0. The molecule has 72 valence electrons. The molecular weight excluding hydrogens is 188 g/mol. The van der Waals surface area contributed by atoms with Crippen LogP contribution in [-0.2, 0) is 0 Å². The Kier molecular flexibility index (Phi) is 2.34. The molecule has 0 saturated heterocycles. The van der Waals surface area contributed by atoms with E-state index in [0.717, 1.165) is 17.4 Å². The number of carbonyl (C=O) groups excluding carboxylic acids is 1. The van der Waals surface area contributed by atoms with Gasteiger partial charge in [-0.05, 0) is 5.56 Å². The van der Waals surface area contributed by atoms with E-state index < -0.39 is 0 Å². The Morgan fingerprint density at radius 1 is 1.20 bits per heavy atom. The SMILES string of the molecule is N#Cc1c[nH]cc1-c1ccccc1C=O. The Morgan fingerprint density at radius 2 is 2.00 bits per heavy atom. The zero-order valence-corrected chi connectivity index (χ0v) is 7.90. The van der Waals surface area contributed by atoms with Gasteiger partial charge in [0.25, 0.3) is 0 Å². The number of H-pyrrole nitrogens is 1. The first-order chi connectivity index (χ1) is 7.36. The molecular formula is C12H8N2O. The number of hydrogen-bond donors (Lipinski definition) is 1. The Bertz CT molecular complexity index is 535. The van der Waals surface area contributed by atoms with E-state index in [2.05, 4.69) is 11.1 Å². The lowest BCUT2D eigenvalue weighted by Gasteiger charge is -2.01. The van der Waals surface area contributed by atoms with Gasteiger partial charge in [0.1, 0.15) is 6.07 Å². The zero-order valence-electron chi connectivity index (χ0n) is 7.90. The fourth-order valence-corrected chi connectivity index (χ4v) is 1.52. The molecule has 15 heavy (non-hydrogen) atoms. The monoisotopic (exact) mass is 196 g/mol. The number of nitriles is 1. The minimum Gasteiger partial charge on any atom is -0.366 e. The van der Waals surface area contributed by atoms with Crippen LogP contribution in [0, 0.1) is 11.3 Å². The molecule has 0 bridgehead atoms. The Balaban J connectivity index is 2.64. The van der Waals surface area contributed by atoms with Crippen LogP contribution < -0.4 is 0 Å². The molecule has 1 aromatic heterocycles. The van der Waals surface area contributed by atoms with Gasteiger partial charge in [-0.15, -0.1) is 0 Å². The van der Waals surface area contributed by atoms with Crippen LogP contribution in [0.5, 0.6) is 0 Å². The average Bonchev–Trinajstić information content (AvgIpc) is 2.76. The van der Waals surface area contributed by atoms with Crippen molar-refractivity contribution in [1.82, 2.24) is 4.98 Å². The minimum absolute atomic E-state index is 0.546. The molecule has 3 heteroatoms. The first-order valence-corrected chi connectivity index (χ1v) is 4.48. The van der Waals surface area contributed by atoms with Crippen LogP contribution in [0.25, 0.3) is 11.1 Å². The van der Waals surface area contributed by atoms with Gasteiger partial charge in [-0.25, -0.2) is 0 Å². The van der Waals surface area contributed by atoms with E-state index >= 15 is 0 Å². The highest BCUT2D eigenvalue weighted by atomic mass is 16.1. The van der Waals surface area contributed by atoms with Crippen molar-refractivity contribution in [3.05, 3.63) is 47.8 Å². The van der Waals surface area contributed by atoms with Gasteiger partial charge in [0.15, 0.2) is 6.29 Å². The summed E-state index contributed by atoms with van der Waals surface area (Å²) in [4.78, 5) is 13.7. The summed E-state index contributed by atoms with van der Waals surface area (Å²) in [5.74, 6) is 0. The number of nitrogens with one attached hydrogen (secondary N) is 1. The molecule has 1 aromatic carbocycles. The van der Waals surface area contributed by atoms with Crippen LogP contribution >= 0.6 is 0 Å². The van der Waals surface area contributed by atoms with E-state index in [4.69, 9.17) is 5.26 Å². The van der Waals surface area contributed by atoms with Crippen LogP contribution in [0.2, 0.25) is 0 Å². The maximum absolute atomic E-state index is 10.8. The molecule has 1 heterocycles. The summed E-state index contributed by atoms with van der Waals surface area (Å²) in [5.41, 5.74) is 2.68. The van der Waals surface area contributed by atoms with Crippen LogP contribution in [-0.4, -0.2) is 11.3 Å². The van der Waals surface area contributed by atoms with Crippen molar-refractivity contribution in [2.75, 3.05) is 0 Å². The van der Waals surface area contributed by atoms with Crippen LogP contribution in [0.4, 0.5) is 0 Å². The molecule has 0 aliphatic rings. The predicted octanol–water partition coefficient (Wildman–Crippen LogP) is 2.37. The molecule has 0 fully saturated rings. The first-order valence-electron chi connectivity index (χ1n) is 4.48. The van der Waals surface area contributed by atoms with Crippen molar-refractivity contribution in [3.8, 4) is 17.2 Å². The summed E-state index contributed by atoms with van der Waals surface area (Å²) < 4.78 is 0.